The van der Waals surface area contributed by atoms with Crippen molar-refractivity contribution >= 4 is 0 Å². The second-order valence-corrected chi connectivity index (χ2v) is 4.39. The third-order valence-electron chi connectivity index (χ3n) is 2.68. The molecule has 1 atom stereocenters. The zero-order chi connectivity index (χ0) is 13.1. The Bertz CT molecular complexity index is 552. The molecule has 18 heavy (non-hydrogen) atoms. The van der Waals surface area contributed by atoms with Crippen LogP contribution in [0.15, 0.2) is 42.5 Å². The van der Waals surface area contributed by atoms with Crippen LogP contribution in [0, 0.1) is 12.7 Å². The number of ether oxygens (including phenoxy) is 1. The van der Waals surface area contributed by atoms with Crippen LogP contribution in [0.1, 0.15) is 24.1 Å². The Hall–Kier alpha value is -1.87. The molecular weight excluding hydrogens is 229 g/mol. The fourth-order valence-corrected chi connectivity index (χ4v) is 1.77. The number of benzene rings is 2. The number of hydrogen-bond acceptors (Lipinski definition) is 2. The molecule has 94 valence electrons. The van der Waals surface area contributed by atoms with E-state index < -0.39 is 0 Å². The third kappa shape index (κ3) is 2.87. The SMILES string of the molecule is Cc1cccc(Oc2ccc(F)cc2[C@@H](C)N)c1. The summed E-state index contributed by atoms with van der Waals surface area (Å²) in [4.78, 5) is 0. The molecule has 0 unspecified atom stereocenters. The van der Waals surface area contributed by atoms with Gasteiger partial charge in [-0.15, -0.1) is 0 Å². The van der Waals surface area contributed by atoms with Gasteiger partial charge in [-0.25, -0.2) is 4.39 Å². The van der Waals surface area contributed by atoms with Crippen molar-refractivity contribution in [1.29, 1.82) is 0 Å². The van der Waals surface area contributed by atoms with Gasteiger partial charge in [-0.2, -0.15) is 0 Å². The molecular formula is C15H16FNO. The molecule has 0 aliphatic heterocycles. The van der Waals surface area contributed by atoms with Gasteiger partial charge in [0.05, 0.1) is 0 Å². The van der Waals surface area contributed by atoms with Crippen LogP contribution < -0.4 is 10.5 Å². The topological polar surface area (TPSA) is 35.2 Å². The van der Waals surface area contributed by atoms with Gasteiger partial charge in [-0.1, -0.05) is 12.1 Å². The van der Waals surface area contributed by atoms with Crippen LogP contribution in [0.2, 0.25) is 0 Å². The van der Waals surface area contributed by atoms with Crippen molar-refractivity contribution in [2.75, 3.05) is 0 Å². The molecule has 0 amide bonds. The Morgan fingerprint density at radius 2 is 1.94 bits per heavy atom. The molecule has 0 aromatic heterocycles. The largest absolute Gasteiger partial charge is 0.457 e. The zero-order valence-corrected chi connectivity index (χ0v) is 10.5. The smallest absolute Gasteiger partial charge is 0.132 e. The predicted octanol–water partition coefficient (Wildman–Crippen LogP) is 3.95. The van der Waals surface area contributed by atoms with Crippen LogP contribution in [0.25, 0.3) is 0 Å². The Labute approximate surface area is 106 Å². The van der Waals surface area contributed by atoms with Gasteiger partial charge in [0, 0.05) is 11.6 Å². The van der Waals surface area contributed by atoms with E-state index in [-0.39, 0.29) is 11.9 Å². The molecule has 0 heterocycles. The normalized spacial score (nSPS) is 12.2. The van der Waals surface area contributed by atoms with Gasteiger partial charge in [0.25, 0.3) is 0 Å². The second kappa shape index (κ2) is 5.19. The van der Waals surface area contributed by atoms with Gasteiger partial charge in [0.15, 0.2) is 0 Å². The predicted molar refractivity (Wildman–Crippen MR) is 70.3 cm³/mol. The quantitative estimate of drug-likeness (QED) is 0.888. The number of aryl methyl sites for hydroxylation is 1. The molecule has 0 fully saturated rings. The molecule has 0 bridgehead atoms. The van der Waals surface area contributed by atoms with E-state index in [0.717, 1.165) is 11.3 Å². The molecule has 0 aliphatic carbocycles. The maximum absolute atomic E-state index is 13.2. The van der Waals surface area contributed by atoms with Gasteiger partial charge < -0.3 is 10.5 Å². The van der Waals surface area contributed by atoms with Crippen molar-refractivity contribution in [2.45, 2.75) is 19.9 Å². The summed E-state index contributed by atoms with van der Waals surface area (Å²) in [6.07, 6.45) is 0. The second-order valence-electron chi connectivity index (χ2n) is 4.39. The van der Waals surface area contributed by atoms with Gasteiger partial charge in [0.1, 0.15) is 17.3 Å². The maximum atomic E-state index is 13.2. The fourth-order valence-electron chi connectivity index (χ4n) is 1.77. The molecule has 2 nitrogen and oxygen atoms in total. The first-order valence-corrected chi connectivity index (χ1v) is 5.86. The van der Waals surface area contributed by atoms with Crippen molar-refractivity contribution in [2.24, 2.45) is 5.73 Å². The van der Waals surface area contributed by atoms with Crippen LogP contribution in [0.3, 0.4) is 0 Å². The molecule has 0 saturated carbocycles. The summed E-state index contributed by atoms with van der Waals surface area (Å²) in [6, 6.07) is 11.8. The van der Waals surface area contributed by atoms with E-state index in [1.54, 1.807) is 13.0 Å². The van der Waals surface area contributed by atoms with Crippen molar-refractivity contribution in [1.82, 2.24) is 0 Å². The Kier molecular flexibility index (Phi) is 3.63. The Balaban J connectivity index is 2.34. The molecule has 0 saturated heterocycles. The minimum atomic E-state index is -0.307. The van der Waals surface area contributed by atoms with E-state index in [2.05, 4.69) is 0 Å². The molecule has 3 heteroatoms. The van der Waals surface area contributed by atoms with Crippen LogP contribution >= 0.6 is 0 Å². The Morgan fingerprint density at radius 3 is 2.61 bits per heavy atom. The average molecular weight is 245 g/mol. The van der Waals surface area contributed by atoms with Gasteiger partial charge in [-0.05, 0) is 49.7 Å². The van der Waals surface area contributed by atoms with Crippen molar-refractivity contribution in [3.8, 4) is 11.5 Å². The summed E-state index contributed by atoms with van der Waals surface area (Å²) in [5.41, 5.74) is 7.59. The van der Waals surface area contributed by atoms with E-state index in [9.17, 15) is 4.39 Å². The lowest BCUT2D eigenvalue weighted by molar-refractivity contribution is 0.469. The summed E-state index contributed by atoms with van der Waals surface area (Å²) in [5, 5.41) is 0. The Morgan fingerprint density at radius 1 is 1.17 bits per heavy atom. The van der Waals surface area contributed by atoms with Crippen molar-refractivity contribution in [3.05, 3.63) is 59.4 Å². The summed E-state index contributed by atoms with van der Waals surface area (Å²) in [7, 11) is 0. The van der Waals surface area contributed by atoms with Gasteiger partial charge in [-0.3, -0.25) is 0 Å². The lowest BCUT2D eigenvalue weighted by atomic mass is 10.1. The highest BCUT2D eigenvalue weighted by Crippen LogP contribution is 2.29. The number of rotatable bonds is 3. The minimum absolute atomic E-state index is 0.277. The molecule has 2 aromatic carbocycles. The van der Waals surface area contributed by atoms with Gasteiger partial charge in [0.2, 0.25) is 0 Å². The van der Waals surface area contributed by atoms with Crippen LogP contribution in [0.5, 0.6) is 11.5 Å². The maximum Gasteiger partial charge on any atom is 0.132 e. The fraction of sp³-hybridized carbons (Fsp3) is 0.200. The molecule has 2 aromatic rings. The highest BCUT2D eigenvalue weighted by atomic mass is 19.1. The molecule has 0 aliphatic rings. The lowest BCUT2D eigenvalue weighted by Crippen LogP contribution is -2.07. The average Bonchev–Trinajstić information content (AvgIpc) is 2.31. The highest BCUT2D eigenvalue weighted by Gasteiger charge is 2.10. The lowest BCUT2D eigenvalue weighted by Gasteiger charge is -2.14. The van der Waals surface area contributed by atoms with Crippen molar-refractivity contribution < 1.29 is 9.13 Å². The molecule has 2 rings (SSSR count). The number of nitrogens with two attached hydrogens (primary N) is 1. The first-order valence-electron chi connectivity index (χ1n) is 5.86. The minimum Gasteiger partial charge on any atom is -0.457 e. The first kappa shape index (κ1) is 12.6. The van der Waals surface area contributed by atoms with E-state index >= 15 is 0 Å². The van der Waals surface area contributed by atoms with Crippen LogP contribution in [-0.4, -0.2) is 0 Å². The van der Waals surface area contributed by atoms with E-state index in [1.165, 1.54) is 12.1 Å². The van der Waals surface area contributed by atoms with Crippen molar-refractivity contribution in [3.63, 3.8) is 0 Å². The van der Waals surface area contributed by atoms with Crippen LogP contribution in [0.4, 0.5) is 4.39 Å². The zero-order valence-electron chi connectivity index (χ0n) is 10.5. The highest BCUT2D eigenvalue weighted by molar-refractivity contribution is 5.40. The van der Waals surface area contributed by atoms with Crippen LogP contribution in [-0.2, 0) is 0 Å². The number of halogens is 1. The summed E-state index contributed by atoms with van der Waals surface area (Å²) in [5.74, 6) is 1.01. The first-order chi connectivity index (χ1) is 8.56. The third-order valence-corrected chi connectivity index (χ3v) is 2.68. The molecule has 0 radical (unpaired) electrons. The monoisotopic (exact) mass is 245 g/mol. The summed E-state index contributed by atoms with van der Waals surface area (Å²) >= 11 is 0. The standard InChI is InChI=1S/C15H16FNO/c1-10-4-3-5-13(8-10)18-15-7-6-12(16)9-14(15)11(2)17/h3-9,11H,17H2,1-2H3/t11-/m1/s1. The number of hydrogen-bond donors (Lipinski definition) is 1. The van der Waals surface area contributed by atoms with E-state index in [0.29, 0.717) is 11.3 Å². The summed E-state index contributed by atoms with van der Waals surface area (Å²) in [6.45, 7) is 3.79. The molecule has 0 spiro atoms. The summed E-state index contributed by atoms with van der Waals surface area (Å²) < 4.78 is 19.0. The van der Waals surface area contributed by atoms with E-state index in [1.807, 2.05) is 31.2 Å². The molecule has 2 N–H and O–H groups in total. The van der Waals surface area contributed by atoms with E-state index in [4.69, 9.17) is 10.5 Å². The van der Waals surface area contributed by atoms with Gasteiger partial charge >= 0.3 is 0 Å².